The van der Waals surface area contributed by atoms with Crippen molar-refractivity contribution in [3.05, 3.63) is 34.1 Å². The van der Waals surface area contributed by atoms with E-state index in [4.69, 9.17) is 4.74 Å². The Bertz CT molecular complexity index is 454. The molecule has 0 aliphatic heterocycles. The molecule has 6 heteroatoms. The number of carbonyl (C=O) groups excluding carboxylic acids is 1. The van der Waals surface area contributed by atoms with E-state index >= 15 is 0 Å². The molecule has 0 spiro atoms. The molecule has 0 aliphatic rings. The van der Waals surface area contributed by atoms with E-state index in [1.54, 1.807) is 0 Å². The predicted octanol–water partition coefficient (Wildman–Crippen LogP) is 2.35. The van der Waals surface area contributed by atoms with Gasteiger partial charge in [0, 0.05) is 17.6 Å². The Kier molecular flexibility index (Phi) is 7.12. The molecule has 112 valence electrons. The van der Waals surface area contributed by atoms with Gasteiger partial charge in [-0.05, 0) is 24.1 Å². The molecule has 1 unspecified atom stereocenters. The molecule has 0 aromatic heterocycles. The summed E-state index contributed by atoms with van der Waals surface area (Å²) in [6.45, 7) is 4.71. The minimum atomic E-state index is -0.812. The summed E-state index contributed by atoms with van der Waals surface area (Å²) < 4.78 is 19.3. The zero-order chi connectivity index (χ0) is 15.1. The van der Waals surface area contributed by atoms with Crippen LogP contribution >= 0.6 is 15.9 Å². The number of carbonyl (C=O) groups is 1. The highest BCUT2D eigenvalue weighted by atomic mass is 79.9. The van der Waals surface area contributed by atoms with Crippen molar-refractivity contribution in [1.82, 2.24) is 5.32 Å². The number of benzene rings is 1. The highest BCUT2D eigenvalue weighted by Crippen LogP contribution is 2.15. The third-order valence-corrected chi connectivity index (χ3v) is 2.93. The molecular formula is C14H19BrFNO3. The maximum Gasteiger partial charge on any atom is 0.254 e. The molecule has 1 rings (SSSR count). The predicted molar refractivity (Wildman–Crippen MR) is 78.1 cm³/mol. The molecule has 20 heavy (non-hydrogen) atoms. The molecule has 4 nitrogen and oxygen atoms in total. The van der Waals surface area contributed by atoms with Gasteiger partial charge in [0.15, 0.2) is 0 Å². The van der Waals surface area contributed by atoms with Gasteiger partial charge in [-0.15, -0.1) is 0 Å². The van der Waals surface area contributed by atoms with Crippen molar-refractivity contribution in [1.29, 1.82) is 0 Å². The van der Waals surface area contributed by atoms with Crippen LogP contribution in [-0.4, -0.2) is 36.9 Å². The lowest BCUT2D eigenvalue weighted by atomic mass is 10.2. The van der Waals surface area contributed by atoms with Gasteiger partial charge in [0.2, 0.25) is 0 Å². The van der Waals surface area contributed by atoms with Gasteiger partial charge in [-0.1, -0.05) is 29.8 Å². The molecule has 0 saturated carbocycles. The lowest BCUT2D eigenvalue weighted by molar-refractivity contribution is 0.0259. The minimum Gasteiger partial charge on any atom is -0.389 e. The first-order valence-corrected chi connectivity index (χ1v) is 7.18. The van der Waals surface area contributed by atoms with Gasteiger partial charge in [0.1, 0.15) is 5.82 Å². The van der Waals surface area contributed by atoms with Crippen LogP contribution in [0.4, 0.5) is 4.39 Å². The Morgan fingerprint density at radius 2 is 2.15 bits per heavy atom. The standard InChI is InChI=1S/C14H19BrFNO3/c1-9(2)7-20-8-11(18)6-17-14(19)12-5-10(15)3-4-13(12)16/h3-5,9,11,18H,6-8H2,1-2H3,(H,17,19). The van der Waals surface area contributed by atoms with Gasteiger partial charge in [-0.25, -0.2) is 4.39 Å². The first kappa shape index (κ1) is 17.1. The maximum absolute atomic E-state index is 13.5. The number of aliphatic hydroxyl groups is 1. The van der Waals surface area contributed by atoms with Gasteiger partial charge in [0.05, 0.1) is 18.3 Å². The van der Waals surface area contributed by atoms with E-state index in [2.05, 4.69) is 21.2 Å². The minimum absolute atomic E-state index is 0.0167. The average Bonchev–Trinajstić information content (AvgIpc) is 2.38. The summed E-state index contributed by atoms with van der Waals surface area (Å²) in [5.41, 5.74) is -0.0605. The SMILES string of the molecule is CC(C)COCC(O)CNC(=O)c1cc(Br)ccc1F. The fourth-order valence-corrected chi connectivity index (χ4v) is 1.84. The van der Waals surface area contributed by atoms with Gasteiger partial charge in [-0.3, -0.25) is 4.79 Å². The van der Waals surface area contributed by atoms with E-state index in [9.17, 15) is 14.3 Å². The third-order valence-electron chi connectivity index (χ3n) is 2.43. The molecule has 0 saturated heterocycles. The molecule has 1 amide bonds. The highest BCUT2D eigenvalue weighted by molar-refractivity contribution is 9.10. The Labute approximate surface area is 126 Å². The lowest BCUT2D eigenvalue weighted by Gasteiger charge is -2.13. The zero-order valence-electron chi connectivity index (χ0n) is 11.5. The van der Waals surface area contributed by atoms with E-state index in [0.717, 1.165) is 0 Å². The van der Waals surface area contributed by atoms with Crippen molar-refractivity contribution in [2.45, 2.75) is 20.0 Å². The molecule has 0 fully saturated rings. The second kappa shape index (κ2) is 8.34. The van der Waals surface area contributed by atoms with Crippen molar-refractivity contribution in [2.24, 2.45) is 5.92 Å². The Balaban J connectivity index is 2.41. The van der Waals surface area contributed by atoms with E-state index in [-0.39, 0.29) is 18.7 Å². The number of hydrogen-bond acceptors (Lipinski definition) is 3. The first-order chi connectivity index (χ1) is 9.40. The lowest BCUT2D eigenvalue weighted by Crippen LogP contribution is -2.35. The maximum atomic E-state index is 13.5. The monoisotopic (exact) mass is 347 g/mol. The van der Waals surface area contributed by atoms with Crippen molar-refractivity contribution >= 4 is 21.8 Å². The van der Waals surface area contributed by atoms with Gasteiger partial charge in [0.25, 0.3) is 5.91 Å². The summed E-state index contributed by atoms with van der Waals surface area (Å²) in [6, 6.07) is 4.12. The topological polar surface area (TPSA) is 58.6 Å². The summed E-state index contributed by atoms with van der Waals surface area (Å²) in [7, 11) is 0. The largest absolute Gasteiger partial charge is 0.389 e. The number of hydrogen-bond donors (Lipinski definition) is 2. The molecular weight excluding hydrogens is 329 g/mol. The molecule has 0 bridgehead atoms. The van der Waals surface area contributed by atoms with Gasteiger partial charge >= 0.3 is 0 Å². The number of rotatable bonds is 7. The fraction of sp³-hybridized carbons (Fsp3) is 0.500. The summed E-state index contributed by atoms with van der Waals surface area (Å²) >= 11 is 3.18. The molecule has 0 aliphatic carbocycles. The number of nitrogens with one attached hydrogen (secondary N) is 1. The number of ether oxygens (including phenoxy) is 1. The van der Waals surface area contributed by atoms with E-state index < -0.39 is 17.8 Å². The normalized spacial score (nSPS) is 12.5. The van der Waals surface area contributed by atoms with E-state index in [1.165, 1.54) is 18.2 Å². The van der Waals surface area contributed by atoms with Crippen molar-refractivity contribution in [2.75, 3.05) is 19.8 Å². The molecule has 1 aromatic rings. The zero-order valence-corrected chi connectivity index (χ0v) is 13.1. The Morgan fingerprint density at radius 3 is 2.80 bits per heavy atom. The third kappa shape index (κ3) is 5.98. The van der Waals surface area contributed by atoms with Crippen LogP contribution in [0.15, 0.2) is 22.7 Å². The Morgan fingerprint density at radius 1 is 1.45 bits per heavy atom. The van der Waals surface area contributed by atoms with Crippen LogP contribution in [0.5, 0.6) is 0 Å². The quantitative estimate of drug-likeness (QED) is 0.795. The van der Waals surface area contributed by atoms with Gasteiger partial charge in [-0.2, -0.15) is 0 Å². The van der Waals surface area contributed by atoms with Crippen LogP contribution < -0.4 is 5.32 Å². The summed E-state index contributed by atoms with van der Waals surface area (Å²) in [5, 5.41) is 12.1. The average molecular weight is 348 g/mol. The molecule has 1 aromatic carbocycles. The van der Waals surface area contributed by atoms with Crippen LogP contribution in [-0.2, 0) is 4.74 Å². The summed E-state index contributed by atoms with van der Waals surface area (Å²) in [6.07, 6.45) is -0.812. The van der Waals surface area contributed by atoms with Crippen LogP contribution in [0.3, 0.4) is 0 Å². The van der Waals surface area contributed by atoms with Crippen molar-refractivity contribution in [3.63, 3.8) is 0 Å². The molecule has 1 atom stereocenters. The second-order valence-electron chi connectivity index (χ2n) is 4.92. The molecule has 2 N–H and O–H groups in total. The van der Waals surface area contributed by atoms with E-state index in [0.29, 0.717) is 17.0 Å². The smallest absolute Gasteiger partial charge is 0.254 e. The summed E-state index contributed by atoms with van der Waals surface area (Å²) in [4.78, 5) is 11.8. The number of halogens is 2. The molecule has 0 radical (unpaired) electrons. The van der Waals surface area contributed by atoms with Crippen molar-refractivity contribution in [3.8, 4) is 0 Å². The first-order valence-electron chi connectivity index (χ1n) is 6.39. The number of aliphatic hydroxyl groups excluding tert-OH is 1. The summed E-state index contributed by atoms with van der Waals surface area (Å²) in [5.74, 6) is -0.782. The number of amides is 1. The second-order valence-corrected chi connectivity index (χ2v) is 5.83. The van der Waals surface area contributed by atoms with Crippen molar-refractivity contribution < 1.29 is 19.0 Å². The highest BCUT2D eigenvalue weighted by Gasteiger charge is 2.13. The van der Waals surface area contributed by atoms with Crippen LogP contribution in [0, 0.1) is 11.7 Å². The fourth-order valence-electron chi connectivity index (χ4n) is 1.48. The Hall–Kier alpha value is -0.980. The van der Waals surface area contributed by atoms with Crippen LogP contribution in [0.25, 0.3) is 0 Å². The van der Waals surface area contributed by atoms with Gasteiger partial charge < -0.3 is 15.2 Å². The van der Waals surface area contributed by atoms with Crippen LogP contribution in [0.2, 0.25) is 0 Å². The van der Waals surface area contributed by atoms with E-state index in [1.807, 2.05) is 13.8 Å². The van der Waals surface area contributed by atoms with Crippen LogP contribution in [0.1, 0.15) is 24.2 Å². The molecule has 0 heterocycles.